The fourth-order valence-corrected chi connectivity index (χ4v) is 4.99. The Morgan fingerprint density at radius 2 is 1.88 bits per heavy atom. The summed E-state index contributed by atoms with van der Waals surface area (Å²) in [6.07, 6.45) is 2.14. The number of halogens is 1. The van der Waals surface area contributed by atoms with Gasteiger partial charge in [-0.15, -0.1) is 0 Å². The van der Waals surface area contributed by atoms with Gasteiger partial charge in [-0.25, -0.2) is 0 Å². The molecule has 0 aromatic heterocycles. The predicted octanol–water partition coefficient (Wildman–Crippen LogP) is 4.85. The van der Waals surface area contributed by atoms with Gasteiger partial charge in [0, 0.05) is 42.8 Å². The third-order valence-corrected chi connectivity index (χ3v) is 6.77. The van der Waals surface area contributed by atoms with E-state index >= 15 is 0 Å². The summed E-state index contributed by atoms with van der Waals surface area (Å²) in [7, 11) is 3.22. The molecule has 1 atom stereocenters. The van der Waals surface area contributed by atoms with Crippen molar-refractivity contribution in [1.82, 2.24) is 4.90 Å². The van der Waals surface area contributed by atoms with E-state index in [0.29, 0.717) is 33.0 Å². The first-order chi connectivity index (χ1) is 15.4. The first-order valence-electron chi connectivity index (χ1n) is 10.5. The van der Waals surface area contributed by atoms with Crippen molar-refractivity contribution in [2.45, 2.75) is 24.9 Å². The molecule has 0 spiro atoms. The zero-order valence-electron chi connectivity index (χ0n) is 18.4. The molecule has 2 aliphatic heterocycles. The van der Waals surface area contributed by atoms with Crippen molar-refractivity contribution in [3.8, 4) is 11.5 Å². The van der Waals surface area contributed by atoms with Crippen LogP contribution in [0.3, 0.4) is 0 Å². The van der Waals surface area contributed by atoms with Gasteiger partial charge in [0.25, 0.3) is 0 Å². The molecule has 172 valence electrons. The molecular weight excluding hydrogens is 447 g/mol. The average molecular weight is 477 g/mol. The second-order valence-electron chi connectivity index (χ2n) is 7.82. The third kappa shape index (κ3) is 4.66. The highest BCUT2D eigenvalue weighted by Gasteiger charge is 2.34. The molecule has 0 radical (unpaired) electrons. The monoisotopic (exact) mass is 476 g/mol. The molecule has 2 aromatic carbocycles. The van der Waals surface area contributed by atoms with Gasteiger partial charge >= 0.3 is 0 Å². The van der Waals surface area contributed by atoms with Gasteiger partial charge in [0.15, 0.2) is 11.5 Å². The number of phenols is 1. The van der Waals surface area contributed by atoms with Crippen LogP contribution in [0, 0.1) is 0 Å². The van der Waals surface area contributed by atoms with Crippen LogP contribution < -0.4 is 10.5 Å². The van der Waals surface area contributed by atoms with E-state index in [9.17, 15) is 15.1 Å². The van der Waals surface area contributed by atoms with Gasteiger partial charge in [-0.05, 0) is 64.1 Å². The number of aliphatic hydroxyl groups is 1. The van der Waals surface area contributed by atoms with Crippen molar-refractivity contribution in [2.24, 2.45) is 5.73 Å². The summed E-state index contributed by atoms with van der Waals surface area (Å²) in [5, 5.41) is 22.2. The Morgan fingerprint density at radius 3 is 2.50 bits per heavy atom. The second-order valence-corrected chi connectivity index (χ2v) is 8.90. The fourth-order valence-electron chi connectivity index (χ4n) is 4.25. The second kappa shape index (κ2) is 10.7. The molecule has 32 heavy (non-hydrogen) atoms. The first kappa shape index (κ1) is 24.6. The number of piperidine rings is 1. The lowest BCUT2D eigenvalue weighted by molar-refractivity contribution is 0.253. The van der Waals surface area contributed by atoms with E-state index in [1.807, 2.05) is 12.1 Å². The molecule has 6 nitrogen and oxygen atoms in total. The van der Waals surface area contributed by atoms with Crippen LogP contribution in [0.5, 0.6) is 11.5 Å². The highest BCUT2D eigenvalue weighted by atomic mass is 35.5. The highest BCUT2D eigenvalue weighted by molar-refractivity contribution is 7.30. The molecular formula is C24H30ClN2O4P. The molecule has 1 unspecified atom stereocenters. The number of benzene rings is 2. The molecule has 0 bridgehead atoms. The molecule has 5 N–H and O–H groups in total. The maximum Gasteiger partial charge on any atom is 0.178 e. The van der Waals surface area contributed by atoms with Crippen LogP contribution in [0.2, 0.25) is 5.02 Å². The van der Waals surface area contributed by atoms with Gasteiger partial charge < -0.3 is 30.5 Å². The minimum Gasteiger partial charge on any atom is -0.508 e. The maximum atomic E-state index is 10.9. The van der Waals surface area contributed by atoms with Gasteiger partial charge in [-0.2, -0.15) is 0 Å². The van der Waals surface area contributed by atoms with Crippen molar-refractivity contribution >= 4 is 31.7 Å². The Bertz CT molecular complexity index is 1030. The van der Waals surface area contributed by atoms with Crippen molar-refractivity contribution in [2.75, 3.05) is 27.2 Å². The normalized spacial score (nSPS) is 17.2. The van der Waals surface area contributed by atoms with E-state index in [2.05, 4.69) is 24.3 Å². The van der Waals surface area contributed by atoms with Gasteiger partial charge in [-0.1, -0.05) is 30.3 Å². The van der Waals surface area contributed by atoms with Crippen molar-refractivity contribution < 1.29 is 19.8 Å². The number of rotatable bonds is 4. The summed E-state index contributed by atoms with van der Waals surface area (Å²) in [5.74, 6) is 1.05. The fraction of sp³-hybridized carbons (Fsp3) is 0.333. The first-order valence-corrected chi connectivity index (χ1v) is 12.0. The lowest BCUT2D eigenvalue weighted by atomic mass is 9.84. The molecule has 2 aromatic rings. The molecule has 0 saturated carbocycles. The van der Waals surface area contributed by atoms with Crippen molar-refractivity contribution in [3.05, 3.63) is 69.9 Å². The van der Waals surface area contributed by atoms with Crippen LogP contribution in [-0.4, -0.2) is 47.2 Å². The Labute approximate surface area is 195 Å². The molecule has 2 heterocycles. The molecule has 1 saturated heterocycles. The lowest BCUT2D eigenvalue weighted by Gasteiger charge is -2.33. The van der Waals surface area contributed by atoms with Crippen LogP contribution in [0.15, 0.2) is 42.7 Å². The topological polar surface area (TPSA) is 99.2 Å². The van der Waals surface area contributed by atoms with Gasteiger partial charge in [-0.3, -0.25) is 0 Å². The minimum absolute atomic E-state index is 0.1000. The number of phenolic OH excluding ortho intramolecular Hbond substituents is 1. The maximum absolute atomic E-state index is 10.9. The smallest absolute Gasteiger partial charge is 0.178 e. The van der Waals surface area contributed by atoms with E-state index in [1.165, 1.54) is 7.05 Å². The van der Waals surface area contributed by atoms with E-state index in [-0.39, 0.29) is 38.2 Å². The van der Waals surface area contributed by atoms with Crippen LogP contribution in [0.25, 0.3) is 11.3 Å². The van der Waals surface area contributed by atoms with E-state index in [0.717, 1.165) is 31.5 Å². The van der Waals surface area contributed by atoms with Crippen LogP contribution in [-0.2, 0) is 6.16 Å². The molecule has 2 aliphatic rings. The summed E-state index contributed by atoms with van der Waals surface area (Å²) in [5.41, 5.74) is 7.45. The number of hydrogen-bond acceptors (Lipinski definition) is 6. The number of likely N-dealkylation sites (tertiary alicyclic amines) is 1. The number of hydrogen-bond donors (Lipinski definition) is 4. The zero-order chi connectivity index (χ0) is 23.4. The van der Waals surface area contributed by atoms with Gasteiger partial charge in [0.1, 0.15) is 11.5 Å². The lowest BCUT2D eigenvalue weighted by Crippen LogP contribution is -2.29. The number of nitrogens with two attached hydrogens (primary N) is 1. The SMILES string of the molecule is C=C1C(O)=C(c2ccccc2Cl)Oc2c(C3CCN(C)CC3)cc(O)c(CPO)c21.CN. The number of ether oxygens (including phenoxy) is 1. The summed E-state index contributed by atoms with van der Waals surface area (Å²) >= 11 is 6.38. The van der Waals surface area contributed by atoms with E-state index in [1.54, 1.807) is 18.2 Å². The zero-order valence-corrected chi connectivity index (χ0v) is 20.1. The number of fused-ring (bicyclic) bond motifs is 1. The third-order valence-electron chi connectivity index (χ3n) is 5.93. The molecule has 0 amide bonds. The number of aromatic hydroxyl groups is 1. The van der Waals surface area contributed by atoms with Crippen LogP contribution >= 0.6 is 20.4 Å². The van der Waals surface area contributed by atoms with E-state index in [4.69, 9.17) is 16.3 Å². The Kier molecular flexibility index (Phi) is 8.21. The van der Waals surface area contributed by atoms with E-state index < -0.39 is 0 Å². The summed E-state index contributed by atoms with van der Waals surface area (Å²) < 4.78 is 6.32. The summed E-state index contributed by atoms with van der Waals surface area (Å²) in [6, 6.07) is 8.93. The number of allylic oxidation sites excluding steroid dienone is 1. The highest BCUT2D eigenvalue weighted by Crippen LogP contribution is 2.51. The summed E-state index contributed by atoms with van der Waals surface area (Å²) in [4.78, 5) is 11.8. The molecule has 1 fully saturated rings. The quantitative estimate of drug-likeness (QED) is 0.471. The Balaban J connectivity index is 0.00000141. The standard InChI is InChI=1S/C23H25ClNO4P.CH5N/c1-13-20-17(12-30-28)19(26)11-16(14-7-9-25(2)10-8-14)22(20)29-23(21(13)27)15-5-3-4-6-18(15)24;1-2/h3-6,11,14,26-28,30H,1,7-10,12H2,2H3;2H2,1H3. The molecule has 8 heteroatoms. The largest absolute Gasteiger partial charge is 0.508 e. The molecule has 0 aliphatic carbocycles. The summed E-state index contributed by atoms with van der Waals surface area (Å²) in [6.45, 7) is 6.01. The van der Waals surface area contributed by atoms with Crippen molar-refractivity contribution in [1.29, 1.82) is 0 Å². The predicted molar refractivity (Wildman–Crippen MR) is 133 cm³/mol. The average Bonchev–Trinajstić information content (AvgIpc) is 2.80. The van der Waals surface area contributed by atoms with Crippen molar-refractivity contribution in [3.63, 3.8) is 0 Å². The number of nitrogens with zero attached hydrogens (tertiary/aromatic N) is 1. The van der Waals surface area contributed by atoms with Gasteiger partial charge in [0.05, 0.1) is 5.02 Å². The number of aliphatic hydroxyl groups excluding tert-OH is 1. The van der Waals surface area contributed by atoms with Crippen LogP contribution in [0.4, 0.5) is 0 Å². The molecule has 4 rings (SSSR count). The van der Waals surface area contributed by atoms with Gasteiger partial charge in [0.2, 0.25) is 0 Å². The Morgan fingerprint density at radius 1 is 1.22 bits per heavy atom. The van der Waals surface area contributed by atoms with Crippen LogP contribution in [0.1, 0.15) is 41.0 Å². The Hall–Kier alpha value is -2.08. The minimum atomic E-state index is -0.383.